The van der Waals surface area contributed by atoms with Gasteiger partial charge in [-0.25, -0.2) is 0 Å². The van der Waals surface area contributed by atoms with Crippen LogP contribution in [-0.4, -0.2) is 6.88 Å². The number of aryl methyl sites for hydroxylation is 2. The van der Waals surface area contributed by atoms with Crippen LogP contribution in [0, 0.1) is 42.2 Å². The Labute approximate surface area is 245 Å². The van der Waals surface area contributed by atoms with Crippen LogP contribution in [-0.2, 0) is 23.3 Å². The maximum absolute atomic E-state index is 3.06. The van der Waals surface area contributed by atoms with Gasteiger partial charge in [-0.3, -0.25) is 0 Å². The van der Waals surface area contributed by atoms with Gasteiger partial charge in [0.05, 0.1) is 0 Å². The first-order chi connectivity index (χ1) is 16.4. The largest absolute Gasteiger partial charge is 0.184 e. The minimum atomic E-state index is 0. The van der Waals surface area contributed by atoms with Gasteiger partial charge in [-0.15, -0.1) is 69.1 Å². The first-order valence-electron chi connectivity index (χ1n) is 11.8. The van der Waals surface area contributed by atoms with Crippen LogP contribution in [0.3, 0.4) is 0 Å². The molecule has 2 radical (unpaired) electrons. The summed E-state index contributed by atoms with van der Waals surface area (Å²) in [5.41, 5.74) is 5.66. The molecule has 0 aliphatic heterocycles. The zero-order valence-electron chi connectivity index (χ0n) is 24.3. The summed E-state index contributed by atoms with van der Waals surface area (Å²) in [6, 6.07) is 34.7. The molecular formula is C35H44SiZr-6. The molecule has 0 aliphatic carbocycles. The topological polar surface area (TPSA) is 0 Å². The van der Waals surface area contributed by atoms with Crippen LogP contribution in [0.2, 0.25) is 0 Å². The van der Waals surface area contributed by atoms with Crippen LogP contribution in [0.1, 0.15) is 61.8 Å². The second-order valence-electron chi connectivity index (χ2n) is 9.15. The Hall–Kier alpha value is -2.02. The maximum Gasteiger partial charge on any atom is -0.171 e. The molecule has 0 unspecified atom stereocenters. The van der Waals surface area contributed by atoms with Crippen molar-refractivity contribution in [1.29, 1.82) is 0 Å². The zero-order valence-corrected chi connectivity index (χ0v) is 27.8. The van der Waals surface area contributed by atoms with Crippen molar-refractivity contribution in [2.24, 2.45) is 0 Å². The Balaban J connectivity index is 0. The second kappa shape index (κ2) is 19.1. The number of fused-ring (bicyclic) bond motifs is 2. The third-order valence-corrected chi connectivity index (χ3v) is 5.71. The Morgan fingerprint density at radius 2 is 1.00 bits per heavy atom. The van der Waals surface area contributed by atoms with Crippen LogP contribution in [0.25, 0.3) is 21.5 Å². The molecule has 0 fully saturated rings. The number of hydrogen-bond donors (Lipinski definition) is 0. The van der Waals surface area contributed by atoms with E-state index < -0.39 is 0 Å². The summed E-state index contributed by atoms with van der Waals surface area (Å²) in [7, 11) is 0. The van der Waals surface area contributed by atoms with E-state index in [2.05, 4.69) is 115 Å². The molecule has 5 aromatic carbocycles. The zero-order chi connectivity index (χ0) is 25.1. The molecule has 5 rings (SSSR count). The first-order valence-corrected chi connectivity index (χ1v) is 16.0. The van der Waals surface area contributed by atoms with E-state index in [1.165, 1.54) is 67.1 Å². The molecule has 0 spiro atoms. The minimum absolute atomic E-state index is 0. The monoisotopic (exact) mass is 582 g/mol. The van der Waals surface area contributed by atoms with E-state index in [1.807, 2.05) is 30.3 Å². The summed E-state index contributed by atoms with van der Waals surface area (Å²) in [5.74, 6) is 1.23. The van der Waals surface area contributed by atoms with Crippen molar-refractivity contribution in [3.63, 3.8) is 0 Å². The molecule has 0 saturated heterocycles. The molecule has 5 aromatic rings. The second-order valence-corrected chi connectivity index (χ2v) is 9.15. The van der Waals surface area contributed by atoms with Gasteiger partial charge < -0.3 is 22.3 Å². The van der Waals surface area contributed by atoms with Crippen molar-refractivity contribution in [3.05, 3.63) is 142 Å². The third kappa shape index (κ3) is 11.1. The van der Waals surface area contributed by atoms with Gasteiger partial charge >= 0.3 is 30.2 Å². The van der Waals surface area contributed by atoms with Crippen molar-refractivity contribution in [3.8, 4) is 0 Å². The predicted molar refractivity (Wildman–Crippen MR) is 167 cm³/mol. The molecule has 37 heavy (non-hydrogen) atoms. The third-order valence-electron chi connectivity index (χ3n) is 5.71. The molecule has 0 aliphatic rings. The number of benzene rings is 3. The van der Waals surface area contributed by atoms with Crippen LogP contribution >= 0.6 is 0 Å². The van der Waals surface area contributed by atoms with Crippen LogP contribution in [0.15, 0.2) is 91.0 Å². The summed E-state index contributed by atoms with van der Waals surface area (Å²) < 4.78 is 0. The van der Waals surface area contributed by atoms with E-state index in [0.717, 1.165) is 0 Å². The summed E-state index contributed by atoms with van der Waals surface area (Å²) in [6.07, 6.45) is 0. The minimum Gasteiger partial charge on any atom is -0.184 e. The Bertz CT molecular complexity index is 1150. The van der Waals surface area contributed by atoms with Crippen molar-refractivity contribution < 1.29 is 23.3 Å². The van der Waals surface area contributed by atoms with E-state index >= 15 is 0 Å². The van der Waals surface area contributed by atoms with Gasteiger partial charge in [0, 0.05) is 0 Å². The molecule has 0 atom stereocenters. The number of rotatable bonds is 2. The Morgan fingerprint density at radius 1 is 0.622 bits per heavy atom. The fourth-order valence-electron chi connectivity index (χ4n) is 4.17. The average Bonchev–Trinajstić information content (AvgIpc) is 3.42. The molecule has 0 saturated carbocycles. The van der Waals surface area contributed by atoms with Gasteiger partial charge in [0.25, 0.3) is 0 Å². The van der Waals surface area contributed by atoms with E-state index in [-0.39, 0.29) is 22.3 Å². The molecule has 0 heterocycles. The van der Waals surface area contributed by atoms with Crippen LogP contribution in [0.4, 0.5) is 0 Å². The van der Waals surface area contributed by atoms with Gasteiger partial charge in [0.1, 0.15) is 0 Å². The van der Waals surface area contributed by atoms with Gasteiger partial charge in [-0.1, -0.05) is 64.8 Å². The summed E-state index contributed by atoms with van der Waals surface area (Å²) >= 11 is 1.36. The van der Waals surface area contributed by atoms with Crippen LogP contribution < -0.4 is 0 Å². The first kappa shape index (κ1) is 37.1. The maximum atomic E-state index is 3.06. The van der Waals surface area contributed by atoms with Crippen LogP contribution in [0.5, 0.6) is 0 Å². The van der Waals surface area contributed by atoms with Gasteiger partial charge in [0.15, 0.2) is 0 Å². The average molecular weight is 584 g/mol. The standard InChI is InChI=1S/2C13H15.C6H5.3CH3.Si.Zr/c2*1-9(2)12-6-4-5-11-7-10(3)8-13(11)12;1-2-4-6-5-3-1;;;;;/h2*4-9H,1-3H3;1-5H;3*1H3;;/q6*-1;;. The van der Waals surface area contributed by atoms with E-state index in [0.29, 0.717) is 11.8 Å². The van der Waals surface area contributed by atoms with E-state index in [9.17, 15) is 0 Å². The van der Waals surface area contributed by atoms with E-state index in [1.54, 1.807) is 0 Å². The van der Waals surface area contributed by atoms with Gasteiger partial charge in [-0.05, 0) is 11.8 Å². The molecule has 0 aromatic heterocycles. The Kier molecular flexibility index (Phi) is 19.2. The molecule has 0 bridgehead atoms. The van der Waals surface area contributed by atoms with Crippen molar-refractivity contribution in [1.82, 2.24) is 0 Å². The molecule has 0 amide bonds. The quantitative estimate of drug-likeness (QED) is 0.143. The fourth-order valence-corrected chi connectivity index (χ4v) is 4.17. The Morgan fingerprint density at radius 3 is 1.27 bits per heavy atom. The van der Waals surface area contributed by atoms with Gasteiger partial charge in [0.2, 0.25) is 0 Å². The number of hydrogen-bond acceptors (Lipinski definition) is 0. The molecule has 198 valence electrons. The van der Waals surface area contributed by atoms with Crippen molar-refractivity contribution in [2.75, 3.05) is 0 Å². The molecule has 0 nitrogen and oxygen atoms in total. The van der Waals surface area contributed by atoms with Gasteiger partial charge in [-0.2, -0.15) is 48.5 Å². The summed E-state index contributed by atoms with van der Waals surface area (Å²) in [4.78, 5) is 0. The SMILES string of the molecule is Cc1cc2c(C(C)C)cccc2[cH-]1.Cc1cc2c(C(C)C)cccc2[cH-]1.[CH3-].[CH3-].[CH3-].[Si]=[Zr].[c-]1ccccc1. The normalized spacial score (nSPS) is 9.38. The predicted octanol–water partition coefficient (Wildman–Crippen LogP) is 10.4. The van der Waals surface area contributed by atoms with Crippen molar-refractivity contribution in [2.45, 2.75) is 53.4 Å². The van der Waals surface area contributed by atoms with Crippen molar-refractivity contribution >= 4 is 28.4 Å². The van der Waals surface area contributed by atoms with E-state index in [4.69, 9.17) is 0 Å². The summed E-state index contributed by atoms with van der Waals surface area (Å²) in [5, 5.41) is 5.61. The fraction of sp³-hybridized carbons (Fsp3) is 0.229. The summed E-state index contributed by atoms with van der Waals surface area (Å²) in [6.45, 7) is 16.4. The smallest absolute Gasteiger partial charge is 0.171 e. The molecular weight excluding hydrogens is 540 g/mol. The molecule has 0 N–H and O–H groups in total. The molecule has 2 heteroatoms.